The second kappa shape index (κ2) is 15.9. The van der Waals surface area contributed by atoms with E-state index in [0.717, 1.165) is 32.2 Å². The van der Waals surface area contributed by atoms with Gasteiger partial charge in [-0.2, -0.15) is 0 Å². The molecule has 3 N–H and O–H groups in total. The van der Waals surface area contributed by atoms with Crippen molar-refractivity contribution in [2.24, 2.45) is 4.99 Å². The summed E-state index contributed by atoms with van der Waals surface area (Å²) >= 11 is 0. The van der Waals surface area contributed by atoms with E-state index >= 15 is 0 Å². The van der Waals surface area contributed by atoms with E-state index in [1.165, 1.54) is 0 Å². The van der Waals surface area contributed by atoms with Gasteiger partial charge in [-0.15, -0.1) is 24.0 Å². The highest BCUT2D eigenvalue weighted by atomic mass is 127. The number of carbonyl (C=O) groups is 1. The van der Waals surface area contributed by atoms with Crippen LogP contribution in [0.25, 0.3) is 0 Å². The summed E-state index contributed by atoms with van der Waals surface area (Å²) in [6.07, 6.45) is 4.48. The fraction of sp³-hybridized carbons (Fsp3) is 0.882. The van der Waals surface area contributed by atoms with Crippen LogP contribution in [0.5, 0.6) is 0 Å². The molecule has 0 spiro atoms. The lowest BCUT2D eigenvalue weighted by Gasteiger charge is -2.26. The van der Waals surface area contributed by atoms with Crippen LogP contribution in [-0.4, -0.2) is 48.9 Å². The SMILES string of the molecule is CCCC(O)(CCC)CN=C(NCC)NCCCC(=O)OCC.I. The number of aliphatic imine (C=N–C) groups is 1. The van der Waals surface area contributed by atoms with Crippen LogP contribution in [0, 0.1) is 0 Å². The lowest BCUT2D eigenvalue weighted by Crippen LogP contribution is -2.40. The zero-order chi connectivity index (χ0) is 17.6. The number of hydrogen-bond donors (Lipinski definition) is 3. The van der Waals surface area contributed by atoms with Crippen LogP contribution in [0.3, 0.4) is 0 Å². The van der Waals surface area contributed by atoms with Crippen LogP contribution >= 0.6 is 24.0 Å². The predicted octanol–water partition coefficient (Wildman–Crippen LogP) is 2.83. The molecule has 24 heavy (non-hydrogen) atoms. The van der Waals surface area contributed by atoms with Crippen LogP contribution < -0.4 is 10.6 Å². The van der Waals surface area contributed by atoms with Gasteiger partial charge in [-0.3, -0.25) is 9.79 Å². The molecule has 6 nitrogen and oxygen atoms in total. The summed E-state index contributed by atoms with van der Waals surface area (Å²) in [6.45, 7) is 10.2. The molecule has 0 aromatic heterocycles. The number of esters is 1. The zero-order valence-corrected chi connectivity index (χ0v) is 18.0. The minimum Gasteiger partial charge on any atom is -0.466 e. The topological polar surface area (TPSA) is 83.0 Å². The summed E-state index contributed by atoms with van der Waals surface area (Å²) in [4.78, 5) is 15.8. The van der Waals surface area contributed by atoms with Crippen molar-refractivity contribution in [3.05, 3.63) is 0 Å². The maximum atomic E-state index is 11.3. The van der Waals surface area contributed by atoms with Crippen molar-refractivity contribution in [3.8, 4) is 0 Å². The van der Waals surface area contributed by atoms with Gasteiger partial charge in [0, 0.05) is 19.5 Å². The predicted molar refractivity (Wildman–Crippen MR) is 110 cm³/mol. The standard InChI is InChI=1S/C17H35N3O3.HI/c1-5-11-17(22,12-6-2)14-20-16(18-7-3)19-13-9-10-15(21)23-8-4;/h22H,5-14H2,1-4H3,(H2,18,19,20);1H. The van der Waals surface area contributed by atoms with E-state index in [2.05, 4.69) is 29.5 Å². The highest BCUT2D eigenvalue weighted by molar-refractivity contribution is 14.0. The first-order valence-corrected chi connectivity index (χ1v) is 8.91. The summed E-state index contributed by atoms with van der Waals surface area (Å²) in [5, 5.41) is 17.0. The molecule has 0 atom stereocenters. The van der Waals surface area contributed by atoms with Gasteiger partial charge in [-0.1, -0.05) is 26.7 Å². The summed E-state index contributed by atoms with van der Waals surface area (Å²) in [5.41, 5.74) is -0.725. The first kappa shape index (κ1) is 25.7. The first-order chi connectivity index (χ1) is 11.0. The highest BCUT2D eigenvalue weighted by Gasteiger charge is 2.24. The molecule has 0 rings (SSSR count). The van der Waals surface area contributed by atoms with Crippen molar-refractivity contribution in [2.75, 3.05) is 26.2 Å². The average Bonchev–Trinajstić information content (AvgIpc) is 2.50. The molecule has 0 amide bonds. The van der Waals surface area contributed by atoms with E-state index in [0.29, 0.717) is 38.5 Å². The van der Waals surface area contributed by atoms with Gasteiger partial charge in [0.2, 0.25) is 0 Å². The van der Waals surface area contributed by atoms with Crippen LogP contribution in [0.1, 0.15) is 66.2 Å². The van der Waals surface area contributed by atoms with E-state index in [4.69, 9.17) is 4.74 Å². The number of rotatable bonds is 12. The fourth-order valence-electron chi connectivity index (χ4n) is 2.45. The van der Waals surface area contributed by atoms with Crippen LogP contribution in [-0.2, 0) is 9.53 Å². The minimum absolute atomic E-state index is 0. The number of nitrogens with zero attached hydrogens (tertiary/aromatic N) is 1. The minimum atomic E-state index is -0.725. The Kier molecular flexibility index (Phi) is 17.0. The molecule has 0 saturated carbocycles. The van der Waals surface area contributed by atoms with Gasteiger partial charge in [-0.05, 0) is 33.1 Å². The summed E-state index contributed by atoms with van der Waals surface area (Å²) in [7, 11) is 0. The van der Waals surface area contributed by atoms with Crippen molar-refractivity contribution < 1.29 is 14.6 Å². The lowest BCUT2D eigenvalue weighted by molar-refractivity contribution is -0.143. The molecule has 0 aliphatic rings. The smallest absolute Gasteiger partial charge is 0.305 e. The Labute approximate surface area is 164 Å². The van der Waals surface area contributed by atoms with Gasteiger partial charge in [0.15, 0.2) is 5.96 Å². The molecular weight excluding hydrogens is 421 g/mol. The molecule has 0 saturated heterocycles. The van der Waals surface area contributed by atoms with Crippen molar-refractivity contribution >= 4 is 35.9 Å². The number of carbonyl (C=O) groups excluding carboxylic acids is 1. The van der Waals surface area contributed by atoms with E-state index < -0.39 is 5.60 Å². The number of halogens is 1. The molecule has 0 unspecified atom stereocenters. The van der Waals surface area contributed by atoms with E-state index in [-0.39, 0.29) is 29.9 Å². The second-order valence-corrected chi connectivity index (χ2v) is 5.75. The monoisotopic (exact) mass is 457 g/mol. The Bertz CT molecular complexity index is 346. The molecule has 7 heteroatoms. The molecule has 0 fully saturated rings. The Morgan fingerprint density at radius 1 is 1.12 bits per heavy atom. The lowest BCUT2D eigenvalue weighted by atomic mass is 9.93. The quantitative estimate of drug-likeness (QED) is 0.138. The molecule has 0 aliphatic heterocycles. The molecular formula is C17H36IN3O3. The Morgan fingerprint density at radius 3 is 2.25 bits per heavy atom. The fourth-order valence-corrected chi connectivity index (χ4v) is 2.45. The summed E-state index contributed by atoms with van der Waals surface area (Å²) in [6, 6.07) is 0. The van der Waals surface area contributed by atoms with Crippen molar-refractivity contribution in [1.82, 2.24) is 10.6 Å². The van der Waals surface area contributed by atoms with E-state index in [1.54, 1.807) is 6.92 Å². The van der Waals surface area contributed by atoms with Crippen molar-refractivity contribution in [1.29, 1.82) is 0 Å². The second-order valence-electron chi connectivity index (χ2n) is 5.75. The molecule has 0 bridgehead atoms. The molecule has 0 aromatic rings. The Balaban J connectivity index is 0. The maximum Gasteiger partial charge on any atom is 0.305 e. The van der Waals surface area contributed by atoms with Crippen LogP contribution in [0.2, 0.25) is 0 Å². The van der Waals surface area contributed by atoms with Gasteiger partial charge in [-0.25, -0.2) is 0 Å². The number of nitrogens with one attached hydrogen (secondary N) is 2. The average molecular weight is 457 g/mol. The third-order valence-corrected chi connectivity index (χ3v) is 3.46. The van der Waals surface area contributed by atoms with Crippen molar-refractivity contribution in [3.63, 3.8) is 0 Å². The normalized spacial score (nSPS) is 11.6. The molecule has 0 radical (unpaired) electrons. The zero-order valence-electron chi connectivity index (χ0n) is 15.7. The van der Waals surface area contributed by atoms with Crippen LogP contribution in [0.15, 0.2) is 4.99 Å². The van der Waals surface area contributed by atoms with Gasteiger partial charge in [0.05, 0.1) is 18.8 Å². The molecule has 0 aliphatic carbocycles. The van der Waals surface area contributed by atoms with Crippen LogP contribution in [0.4, 0.5) is 0 Å². The van der Waals surface area contributed by atoms with E-state index in [1.807, 2.05) is 6.92 Å². The van der Waals surface area contributed by atoms with Gasteiger partial charge < -0.3 is 20.5 Å². The number of hydrogen-bond acceptors (Lipinski definition) is 4. The first-order valence-electron chi connectivity index (χ1n) is 8.91. The molecule has 144 valence electrons. The maximum absolute atomic E-state index is 11.3. The number of guanidine groups is 1. The third kappa shape index (κ3) is 12.8. The highest BCUT2D eigenvalue weighted by Crippen LogP contribution is 2.19. The summed E-state index contributed by atoms with van der Waals surface area (Å²) in [5.74, 6) is 0.512. The van der Waals surface area contributed by atoms with Gasteiger partial charge in [0.1, 0.15) is 0 Å². The van der Waals surface area contributed by atoms with Gasteiger partial charge >= 0.3 is 5.97 Å². The third-order valence-electron chi connectivity index (χ3n) is 3.46. The molecule has 0 aromatic carbocycles. The number of aliphatic hydroxyl groups is 1. The Hall–Kier alpha value is -0.570. The van der Waals surface area contributed by atoms with Gasteiger partial charge in [0.25, 0.3) is 0 Å². The summed E-state index contributed by atoms with van der Waals surface area (Å²) < 4.78 is 4.90. The Morgan fingerprint density at radius 2 is 1.75 bits per heavy atom. The number of ether oxygens (including phenoxy) is 1. The largest absolute Gasteiger partial charge is 0.466 e. The van der Waals surface area contributed by atoms with Crippen molar-refractivity contribution in [2.45, 2.75) is 71.8 Å². The van der Waals surface area contributed by atoms with E-state index in [9.17, 15) is 9.90 Å². The molecule has 0 heterocycles.